The fourth-order valence-electron chi connectivity index (χ4n) is 3.18. The molecule has 3 amide bonds. The van der Waals surface area contributed by atoms with Crippen molar-refractivity contribution in [1.29, 1.82) is 0 Å². The van der Waals surface area contributed by atoms with E-state index in [2.05, 4.69) is 5.32 Å². The normalized spacial score (nSPS) is 11.9. The van der Waals surface area contributed by atoms with Crippen molar-refractivity contribution >= 4 is 17.9 Å². The molecule has 0 fully saturated rings. The van der Waals surface area contributed by atoms with E-state index in [1.165, 1.54) is 0 Å². The Morgan fingerprint density at radius 3 is 1.32 bits per heavy atom. The summed E-state index contributed by atoms with van der Waals surface area (Å²) < 4.78 is 39.5. The molecule has 0 aliphatic heterocycles. The molecular weight excluding hydrogens is 540 g/mol. The highest BCUT2D eigenvalue weighted by molar-refractivity contribution is 5.74. The predicted octanol–water partition coefficient (Wildman–Crippen LogP) is 0.619. The topological polar surface area (TPSA) is 206 Å². The molecule has 0 aromatic heterocycles. The highest BCUT2D eigenvalue weighted by Gasteiger charge is 2.35. The number of amides is 3. The third kappa shape index (κ3) is 26.6. The third-order valence-corrected chi connectivity index (χ3v) is 5.11. The molecule has 14 nitrogen and oxygen atoms in total. The minimum absolute atomic E-state index is 0.0929. The van der Waals surface area contributed by atoms with E-state index in [1.54, 1.807) is 20.8 Å². The van der Waals surface area contributed by atoms with Gasteiger partial charge in [-0.1, -0.05) is 0 Å². The van der Waals surface area contributed by atoms with E-state index >= 15 is 0 Å². The molecule has 0 aromatic rings. The van der Waals surface area contributed by atoms with Crippen LogP contribution in [0.1, 0.15) is 59.3 Å². The summed E-state index contributed by atoms with van der Waals surface area (Å²) in [5.41, 5.74) is 14.0. The summed E-state index contributed by atoms with van der Waals surface area (Å²) in [7, 11) is 0. The number of hydrogen-bond donors (Lipinski definition) is 4. The number of alkyl carbamates (subject to hydrolysis) is 1. The van der Waals surface area contributed by atoms with Crippen LogP contribution in [0.15, 0.2) is 0 Å². The first-order valence-corrected chi connectivity index (χ1v) is 14.2. The number of ether oxygens (including phenoxy) is 7. The summed E-state index contributed by atoms with van der Waals surface area (Å²) >= 11 is 0. The van der Waals surface area contributed by atoms with E-state index in [1.807, 2.05) is 0 Å². The largest absolute Gasteiger partial charge is 0.444 e. The minimum atomic E-state index is -1.04. The molecule has 242 valence electrons. The number of carbonyl (C=O) groups is 3. The summed E-state index contributed by atoms with van der Waals surface area (Å²) in [5, 5.41) is 2.91. The second-order valence-electron chi connectivity index (χ2n) is 10.5. The smallest absolute Gasteiger partial charge is 0.408 e. The monoisotopic (exact) mass is 594 g/mol. The Balaban J connectivity index is 5.05. The van der Waals surface area contributed by atoms with Crippen LogP contribution >= 0.6 is 0 Å². The molecule has 0 bridgehead atoms. The maximum absolute atomic E-state index is 12.8. The van der Waals surface area contributed by atoms with Gasteiger partial charge in [0.2, 0.25) is 11.8 Å². The van der Waals surface area contributed by atoms with E-state index < -0.39 is 29.0 Å². The van der Waals surface area contributed by atoms with Gasteiger partial charge in [0.25, 0.3) is 0 Å². The minimum Gasteiger partial charge on any atom is -0.444 e. The number of carbonyl (C=O) groups excluding carboxylic acids is 3. The zero-order valence-corrected chi connectivity index (χ0v) is 25.2. The molecule has 0 unspecified atom stereocenters. The lowest BCUT2D eigenvalue weighted by Crippen LogP contribution is -2.59. The fraction of sp³-hybridized carbons (Fsp3) is 0.889. The number of nitrogens with two attached hydrogens (primary N) is 3. The molecular formula is C27H54N4O10. The Kier molecular flexibility index (Phi) is 23.3. The Morgan fingerprint density at radius 2 is 0.951 bits per heavy atom. The molecule has 0 radical (unpaired) electrons. The molecule has 0 saturated heterocycles. The zero-order valence-electron chi connectivity index (χ0n) is 25.2. The van der Waals surface area contributed by atoms with Crippen molar-refractivity contribution < 1.29 is 47.5 Å². The van der Waals surface area contributed by atoms with Gasteiger partial charge >= 0.3 is 6.09 Å². The molecule has 0 heterocycles. The average molecular weight is 595 g/mol. The van der Waals surface area contributed by atoms with E-state index in [4.69, 9.17) is 50.4 Å². The fourth-order valence-corrected chi connectivity index (χ4v) is 3.18. The van der Waals surface area contributed by atoms with Crippen molar-refractivity contribution in [2.45, 2.75) is 70.4 Å². The van der Waals surface area contributed by atoms with Crippen LogP contribution in [0.5, 0.6) is 0 Å². The maximum Gasteiger partial charge on any atom is 0.408 e. The number of rotatable bonds is 28. The lowest BCUT2D eigenvalue weighted by Gasteiger charge is -2.35. The molecule has 41 heavy (non-hydrogen) atoms. The summed E-state index contributed by atoms with van der Waals surface area (Å²) in [4.78, 5) is 34.4. The van der Waals surface area contributed by atoms with E-state index in [0.29, 0.717) is 72.1 Å². The van der Waals surface area contributed by atoms with Gasteiger partial charge in [0, 0.05) is 59.1 Å². The Bertz CT molecular complexity index is 661. The lowest BCUT2D eigenvalue weighted by atomic mass is 10.0. The summed E-state index contributed by atoms with van der Waals surface area (Å²) in [6.45, 7) is 9.73. The highest BCUT2D eigenvalue weighted by Crippen LogP contribution is 2.14. The van der Waals surface area contributed by atoms with Crippen LogP contribution in [0.3, 0.4) is 0 Å². The Labute approximate surface area is 244 Å². The zero-order chi connectivity index (χ0) is 30.8. The average Bonchev–Trinajstić information content (AvgIpc) is 2.87. The maximum atomic E-state index is 12.8. The standard InChI is InChI=1S/C27H54N4O10/c1-26(2,3)41-25(34)31-27(20-38-15-5-12-35-11-4-10-28,21-39-16-6-13-36-18-8-23(29)32)22-40-17-7-14-37-19-9-24(30)33/h4-22,28H2,1-3H3,(H2,29,32)(H2,30,33)(H,31,34). The molecule has 0 spiro atoms. The number of hydrogen-bond acceptors (Lipinski definition) is 11. The quantitative estimate of drug-likeness (QED) is 0.0924. The van der Waals surface area contributed by atoms with Gasteiger partial charge in [0.05, 0.1) is 33.0 Å². The molecule has 0 atom stereocenters. The van der Waals surface area contributed by atoms with E-state index in [0.717, 1.165) is 6.42 Å². The van der Waals surface area contributed by atoms with Crippen LogP contribution in [0.4, 0.5) is 4.79 Å². The molecule has 7 N–H and O–H groups in total. The van der Waals surface area contributed by atoms with Gasteiger partial charge in [-0.15, -0.1) is 0 Å². The molecule has 14 heteroatoms. The van der Waals surface area contributed by atoms with Gasteiger partial charge in [0.1, 0.15) is 11.1 Å². The van der Waals surface area contributed by atoms with Crippen LogP contribution in [0.2, 0.25) is 0 Å². The van der Waals surface area contributed by atoms with Crippen molar-refractivity contribution in [2.75, 3.05) is 85.8 Å². The summed E-state index contributed by atoms with van der Waals surface area (Å²) in [6, 6.07) is 0. The van der Waals surface area contributed by atoms with Crippen molar-refractivity contribution in [3.05, 3.63) is 0 Å². The predicted molar refractivity (Wildman–Crippen MR) is 152 cm³/mol. The lowest BCUT2D eigenvalue weighted by molar-refractivity contribution is -0.120. The van der Waals surface area contributed by atoms with Crippen LogP contribution in [0.25, 0.3) is 0 Å². The Morgan fingerprint density at radius 1 is 0.585 bits per heavy atom. The van der Waals surface area contributed by atoms with E-state index in [-0.39, 0.29) is 45.9 Å². The van der Waals surface area contributed by atoms with Gasteiger partial charge in [-0.25, -0.2) is 4.79 Å². The van der Waals surface area contributed by atoms with Crippen LogP contribution in [-0.2, 0) is 42.7 Å². The number of nitrogens with one attached hydrogen (secondary N) is 1. The second kappa shape index (κ2) is 24.5. The molecule has 0 aliphatic rings. The van der Waals surface area contributed by atoms with Crippen molar-refractivity contribution in [3.8, 4) is 0 Å². The van der Waals surface area contributed by atoms with Crippen molar-refractivity contribution in [2.24, 2.45) is 17.2 Å². The third-order valence-electron chi connectivity index (χ3n) is 5.11. The van der Waals surface area contributed by atoms with Crippen LogP contribution < -0.4 is 22.5 Å². The molecule has 0 aromatic carbocycles. The van der Waals surface area contributed by atoms with Gasteiger partial charge in [-0.3, -0.25) is 9.59 Å². The van der Waals surface area contributed by atoms with Crippen molar-refractivity contribution in [3.63, 3.8) is 0 Å². The van der Waals surface area contributed by atoms with Gasteiger partial charge in [-0.2, -0.15) is 0 Å². The molecule has 0 saturated carbocycles. The SMILES string of the molecule is CC(C)(C)OC(=O)NC(COCCCOCCCN)(COCCCOCCC(N)=O)COCCCOCCC(N)=O. The molecule has 0 rings (SSSR count). The van der Waals surface area contributed by atoms with Crippen LogP contribution in [-0.4, -0.2) is 115 Å². The second-order valence-corrected chi connectivity index (χ2v) is 10.5. The van der Waals surface area contributed by atoms with Gasteiger partial charge in [0.15, 0.2) is 0 Å². The van der Waals surface area contributed by atoms with Crippen LogP contribution in [0, 0.1) is 0 Å². The summed E-state index contributed by atoms with van der Waals surface area (Å²) in [6.07, 6.45) is 2.31. The first-order valence-electron chi connectivity index (χ1n) is 14.2. The number of primary amides is 2. The van der Waals surface area contributed by atoms with Gasteiger partial charge in [-0.05, 0) is 53.0 Å². The summed E-state index contributed by atoms with van der Waals surface area (Å²) in [5.74, 6) is -0.836. The Hall–Kier alpha value is -2.07. The highest BCUT2D eigenvalue weighted by atomic mass is 16.6. The first-order chi connectivity index (χ1) is 19.5. The molecule has 0 aliphatic carbocycles. The van der Waals surface area contributed by atoms with Gasteiger partial charge < -0.3 is 55.7 Å². The first kappa shape index (κ1) is 38.9. The van der Waals surface area contributed by atoms with Crippen molar-refractivity contribution in [1.82, 2.24) is 5.32 Å². The van der Waals surface area contributed by atoms with E-state index in [9.17, 15) is 14.4 Å².